The molecule has 19 heavy (non-hydrogen) atoms. The molecular weight excluding hydrogens is 248 g/mol. The van der Waals surface area contributed by atoms with E-state index in [9.17, 15) is 4.79 Å². The molecule has 1 aromatic heterocycles. The number of hydrogen-bond donors (Lipinski definition) is 1. The second kappa shape index (κ2) is 5.43. The maximum Gasteiger partial charge on any atom is 0.345 e. The monoisotopic (exact) mass is 262 g/mol. The van der Waals surface area contributed by atoms with Crippen LogP contribution in [0.4, 0.5) is 0 Å². The average Bonchev–Trinajstić information content (AvgIpc) is 2.45. The van der Waals surface area contributed by atoms with Gasteiger partial charge in [0.05, 0.1) is 27.0 Å². The second-order valence-electron chi connectivity index (χ2n) is 3.70. The van der Waals surface area contributed by atoms with Crippen molar-refractivity contribution < 1.29 is 14.2 Å². The molecule has 2 rings (SSSR count). The third kappa shape index (κ3) is 2.52. The fourth-order valence-electron chi connectivity index (χ4n) is 1.77. The van der Waals surface area contributed by atoms with E-state index in [0.29, 0.717) is 22.9 Å². The van der Waals surface area contributed by atoms with Crippen LogP contribution in [0.5, 0.6) is 17.2 Å². The molecule has 0 aliphatic rings. The van der Waals surface area contributed by atoms with E-state index in [1.54, 1.807) is 18.2 Å². The molecule has 0 spiro atoms. The van der Waals surface area contributed by atoms with Crippen LogP contribution < -0.4 is 19.9 Å². The number of aromatic nitrogens is 2. The van der Waals surface area contributed by atoms with Crippen molar-refractivity contribution in [2.24, 2.45) is 0 Å². The minimum atomic E-state index is -0.411. The summed E-state index contributed by atoms with van der Waals surface area (Å²) >= 11 is 0. The van der Waals surface area contributed by atoms with E-state index in [-0.39, 0.29) is 0 Å². The zero-order valence-electron chi connectivity index (χ0n) is 10.9. The first-order chi connectivity index (χ1) is 9.19. The zero-order valence-corrected chi connectivity index (χ0v) is 10.9. The molecule has 0 aliphatic carbocycles. The van der Waals surface area contributed by atoms with Gasteiger partial charge in [0.15, 0.2) is 11.5 Å². The van der Waals surface area contributed by atoms with E-state index in [0.717, 1.165) is 5.56 Å². The highest BCUT2D eigenvalue weighted by molar-refractivity contribution is 5.68. The highest BCUT2D eigenvalue weighted by Crippen LogP contribution is 2.40. The zero-order chi connectivity index (χ0) is 13.8. The molecular formula is C13H14N2O4. The van der Waals surface area contributed by atoms with Crippen LogP contribution in [0.15, 0.2) is 29.2 Å². The summed E-state index contributed by atoms with van der Waals surface area (Å²) in [6, 6.07) is 5.21. The van der Waals surface area contributed by atoms with Crippen LogP contribution in [-0.2, 0) is 0 Å². The van der Waals surface area contributed by atoms with E-state index < -0.39 is 5.69 Å². The van der Waals surface area contributed by atoms with E-state index in [1.165, 1.54) is 27.5 Å². The van der Waals surface area contributed by atoms with Gasteiger partial charge in [0.2, 0.25) is 5.75 Å². The molecule has 1 heterocycles. The number of nitrogens with one attached hydrogen (secondary N) is 1. The second-order valence-corrected chi connectivity index (χ2v) is 3.70. The molecule has 2 aromatic rings. The third-order valence-electron chi connectivity index (χ3n) is 2.65. The van der Waals surface area contributed by atoms with Crippen LogP contribution in [0.25, 0.3) is 11.3 Å². The van der Waals surface area contributed by atoms with Gasteiger partial charge in [-0.15, -0.1) is 0 Å². The lowest BCUT2D eigenvalue weighted by Crippen LogP contribution is -2.09. The normalized spacial score (nSPS) is 10.1. The predicted molar refractivity (Wildman–Crippen MR) is 69.9 cm³/mol. The molecule has 1 N–H and O–H groups in total. The van der Waals surface area contributed by atoms with Gasteiger partial charge in [-0.3, -0.25) is 0 Å². The van der Waals surface area contributed by atoms with Crippen LogP contribution in [-0.4, -0.2) is 31.3 Å². The van der Waals surface area contributed by atoms with Gasteiger partial charge in [-0.1, -0.05) is 0 Å². The molecule has 100 valence electrons. The predicted octanol–water partition coefficient (Wildman–Crippen LogP) is 1.46. The van der Waals surface area contributed by atoms with Crippen LogP contribution in [0.3, 0.4) is 0 Å². The number of aromatic amines is 1. The van der Waals surface area contributed by atoms with Crippen molar-refractivity contribution >= 4 is 0 Å². The average molecular weight is 262 g/mol. The number of hydrogen-bond acceptors (Lipinski definition) is 5. The Kier molecular flexibility index (Phi) is 3.70. The molecule has 0 radical (unpaired) electrons. The fraction of sp³-hybridized carbons (Fsp3) is 0.231. The van der Waals surface area contributed by atoms with Crippen LogP contribution in [0, 0.1) is 0 Å². The Bertz CT molecular complexity index is 612. The first-order valence-corrected chi connectivity index (χ1v) is 5.55. The molecule has 0 saturated heterocycles. The van der Waals surface area contributed by atoms with Gasteiger partial charge < -0.3 is 19.2 Å². The molecule has 0 unspecified atom stereocenters. The van der Waals surface area contributed by atoms with Gasteiger partial charge >= 0.3 is 5.69 Å². The Labute approximate surface area is 110 Å². The van der Waals surface area contributed by atoms with Crippen LogP contribution in [0.2, 0.25) is 0 Å². The summed E-state index contributed by atoms with van der Waals surface area (Å²) in [4.78, 5) is 17.5. The number of rotatable bonds is 4. The molecule has 0 saturated carbocycles. The Hall–Kier alpha value is -2.50. The molecule has 6 heteroatoms. The van der Waals surface area contributed by atoms with E-state index >= 15 is 0 Å². The summed E-state index contributed by atoms with van der Waals surface area (Å²) < 4.78 is 15.8. The maximum absolute atomic E-state index is 11.2. The van der Waals surface area contributed by atoms with Crippen molar-refractivity contribution in [2.45, 2.75) is 0 Å². The van der Waals surface area contributed by atoms with Crippen molar-refractivity contribution in [1.29, 1.82) is 0 Å². The van der Waals surface area contributed by atoms with Crippen molar-refractivity contribution in [3.8, 4) is 28.5 Å². The number of nitrogens with zero attached hydrogens (tertiary/aromatic N) is 1. The third-order valence-corrected chi connectivity index (χ3v) is 2.65. The molecule has 0 fully saturated rings. The van der Waals surface area contributed by atoms with Crippen molar-refractivity contribution in [3.05, 3.63) is 34.9 Å². The summed E-state index contributed by atoms with van der Waals surface area (Å²) in [5.74, 6) is 1.55. The molecule has 0 atom stereocenters. The Morgan fingerprint density at radius 2 is 1.68 bits per heavy atom. The van der Waals surface area contributed by atoms with Gasteiger partial charge in [-0.25, -0.2) is 9.78 Å². The number of ether oxygens (including phenoxy) is 3. The lowest BCUT2D eigenvalue weighted by atomic mass is 10.1. The minimum Gasteiger partial charge on any atom is -0.493 e. The smallest absolute Gasteiger partial charge is 0.345 e. The van der Waals surface area contributed by atoms with Gasteiger partial charge in [0.25, 0.3) is 0 Å². The van der Waals surface area contributed by atoms with Crippen molar-refractivity contribution in [1.82, 2.24) is 9.97 Å². The molecule has 6 nitrogen and oxygen atoms in total. The van der Waals surface area contributed by atoms with Gasteiger partial charge in [-0.05, 0) is 18.2 Å². The fourth-order valence-corrected chi connectivity index (χ4v) is 1.77. The first-order valence-electron chi connectivity index (χ1n) is 5.55. The van der Waals surface area contributed by atoms with E-state index in [1.807, 2.05) is 0 Å². The summed E-state index contributed by atoms with van der Waals surface area (Å²) in [5.41, 5.74) is 0.958. The number of methoxy groups -OCH3 is 3. The van der Waals surface area contributed by atoms with Gasteiger partial charge in [0.1, 0.15) is 0 Å². The standard InChI is InChI=1S/C13H14N2O4/c1-17-10-6-8(7-11(18-2)12(10)19-3)9-4-5-14-13(16)15-9/h4-7H,1-3H3,(H,14,15,16). The molecule has 0 amide bonds. The topological polar surface area (TPSA) is 73.4 Å². The highest BCUT2D eigenvalue weighted by Gasteiger charge is 2.14. The Morgan fingerprint density at radius 3 is 2.16 bits per heavy atom. The summed E-state index contributed by atoms with van der Waals surface area (Å²) in [7, 11) is 4.61. The SMILES string of the molecule is COc1cc(-c2ccnc(=O)[nH]2)cc(OC)c1OC. The molecule has 0 bridgehead atoms. The van der Waals surface area contributed by atoms with Crippen LogP contribution in [0.1, 0.15) is 0 Å². The summed E-state index contributed by atoms with van der Waals surface area (Å²) in [6.45, 7) is 0. The number of H-pyrrole nitrogens is 1. The summed E-state index contributed by atoms with van der Waals surface area (Å²) in [5, 5.41) is 0. The van der Waals surface area contributed by atoms with Crippen molar-refractivity contribution in [2.75, 3.05) is 21.3 Å². The van der Waals surface area contributed by atoms with Crippen molar-refractivity contribution in [3.63, 3.8) is 0 Å². The lowest BCUT2D eigenvalue weighted by molar-refractivity contribution is 0.324. The lowest BCUT2D eigenvalue weighted by Gasteiger charge is -2.13. The Balaban J connectivity index is 2.62. The minimum absolute atomic E-state index is 0.411. The summed E-state index contributed by atoms with van der Waals surface area (Å²) in [6.07, 6.45) is 1.44. The van der Waals surface area contributed by atoms with Gasteiger partial charge in [0, 0.05) is 11.8 Å². The maximum atomic E-state index is 11.2. The van der Waals surface area contributed by atoms with E-state index in [2.05, 4.69) is 9.97 Å². The molecule has 0 aliphatic heterocycles. The van der Waals surface area contributed by atoms with Crippen LogP contribution >= 0.6 is 0 Å². The van der Waals surface area contributed by atoms with E-state index in [4.69, 9.17) is 14.2 Å². The Morgan fingerprint density at radius 1 is 1.05 bits per heavy atom. The highest BCUT2D eigenvalue weighted by atomic mass is 16.5. The first kappa shape index (κ1) is 12.9. The van der Waals surface area contributed by atoms with Gasteiger partial charge in [-0.2, -0.15) is 0 Å². The molecule has 1 aromatic carbocycles. The number of benzene rings is 1. The quantitative estimate of drug-likeness (QED) is 0.903. The largest absolute Gasteiger partial charge is 0.493 e.